The summed E-state index contributed by atoms with van der Waals surface area (Å²) >= 11 is 0. The van der Waals surface area contributed by atoms with Crippen LogP contribution in [0.4, 0.5) is 4.79 Å². The number of amides is 5. The van der Waals surface area contributed by atoms with E-state index in [4.69, 9.17) is 4.74 Å². The fourth-order valence-electron chi connectivity index (χ4n) is 22.8. The number of hydrogen-bond acceptors (Lipinski definition) is 15. The number of carbonyl (C=O) groups is 4. The molecule has 25 heteroatoms. The molecular formula is C102H178N20O5. The summed E-state index contributed by atoms with van der Waals surface area (Å²) in [6, 6.07) is 0.200. The molecule has 25 nitrogen and oxygen atoms in total. The summed E-state index contributed by atoms with van der Waals surface area (Å²) in [5.41, 5.74) is 14.3. The van der Waals surface area contributed by atoms with Gasteiger partial charge in [0.25, 0.3) is 0 Å². The van der Waals surface area contributed by atoms with E-state index >= 15 is 0 Å². The molecule has 5 amide bonds. The molecule has 716 valence electrons. The molecule has 4 aliphatic heterocycles. The fourth-order valence-corrected chi connectivity index (χ4v) is 22.8. The van der Waals surface area contributed by atoms with Gasteiger partial charge in [0, 0.05) is 204 Å². The Morgan fingerprint density at radius 3 is 0.913 bits per heavy atom. The molecule has 5 aliphatic carbocycles. The van der Waals surface area contributed by atoms with Crippen LogP contribution in [0.5, 0.6) is 0 Å². The Kier molecular flexibility index (Phi) is 40.3. The first-order chi connectivity index (χ1) is 61.0. The second-order valence-electron chi connectivity index (χ2n) is 43.0. The highest BCUT2D eigenvalue weighted by molar-refractivity contribution is 5.81. The standard InChI is InChI=1S/2C22H38N4O.C20H35N5O.C19H32N4O.C19H35N3O/c2*1-5-6-11-25(4)15-19-13-23-24-21(19)18-7-9-22(10-8-18)12-20(27)26(16-22)14-17(2)3;1-5-7-12-23(3)14-17-13-21-22-18(17)16-8-10-20(11-9-16)15-25(6-2)19(26)24(20)4;1-4-5-10-22(2)13-16-12-20-21-18(16)15-6-8-19(9-7-15)11-17(24)23(3)14-19;1-5-6-11-22(4)13-17-12-20-21-19(17)16-7-9-18(10-8-16)23-14-15(2)3/h2*13,17-18H,5-12,14-16H2,1-4H3,(H,23,24);13,16H,5-12,14-15H2,1-4H3,(H,21,22);12,15H,4-11,13-14H2,1-3H3,(H,20,21);12,15-16,18H,5-11,13-14H2,1-4H3,(H,20,21). The summed E-state index contributed by atoms with van der Waals surface area (Å²) in [6.45, 7) is 44.5. The number of unbranched alkanes of at least 4 members (excludes halogenated alkanes) is 5. The van der Waals surface area contributed by atoms with Crippen LogP contribution in [0.15, 0.2) is 31.0 Å². The van der Waals surface area contributed by atoms with Crippen LogP contribution in [-0.2, 0) is 51.8 Å². The second kappa shape index (κ2) is 49.8. The van der Waals surface area contributed by atoms with Gasteiger partial charge in [0.2, 0.25) is 17.7 Å². The van der Waals surface area contributed by atoms with E-state index in [0.717, 1.165) is 176 Å². The number of H-pyrrole nitrogens is 5. The van der Waals surface area contributed by atoms with Crippen molar-refractivity contribution in [3.63, 3.8) is 0 Å². The molecule has 0 bridgehead atoms. The molecule has 4 saturated heterocycles. The van der Waals surface area contributed by atoms with E-state index in [2.05, 4.69) is 204 Å². The topological polar surface area (TPSA) is 253 Å². The number of urea groups is 1. The van der Waals surface area contributed by atoms with Crippen LogP contribution in [0.3, 0.4) is 0 Å². The maximum Gasteiger partial charge on any atom is 0.320 e. The first kappa shape index (κ1) is 103. The number of rotatable bonds is 38. The smallest absolute Gasteiger partial charge is 0.320 e. The van der Waals surface area contributed by atoms with E-state index < -0.39 is 0 Å². The van der Waals surface area contributed by atoms with Gasteiger partial charge in [0.05, 0.1) is 42.6 Å². The molecule has 0 atom stereocenters. The maximum atomic E-state index is 12.5. The van der Waals surface area contributed by atoms with E-state index in [-0.39, 0.29) is 27.8 Å². The van der Waals surface area contributed by atoms with Crippen molar-refractivity contribution in [1.82, 2.24) is 100.0 Å². The Morgan fingerprint density at radius 2 is 0.654 bits per heavy atom. The highest BCUT2D eigenvalue weighted by atomic mass is 16.5. The number of nitrogens with one attached hydrogen (secondary N) is 5. The van der Waals surface area contributed by atoms with Crippen LogP contribution in [0.25, 0.3) is 0 Å². The third kappa shape index (κ3) is 29.2. The zero-order valence-corrected chi connectivity index (χ0v) is 83.4. The summed E-state index contributed by atoms with van der Waals surface area (Å²) in [6.07, 6.45) is 48.6. The third-order valence-electron chi connectivity index (χ3n) is 30.5. The molecule has 5 saturated carbocycles. The van der Waals surface area contributed by atoms with E-state index in [9.17, 15) is 19.2 Å². The number of carbonyl (C=O) groups excluding carboxylic acids is 4. The van der Waals surface area contributed by atoms with Gasteiger partial charge in [-0.15, -0.1) is 0 Å². The van der Waals surface area contributed by atoms with E-state index in [1.54, 1.807) is 0 Å². The molecule has 0 radical (unpaired) electrons. The molecular weight excluding hydrogens is 1590 g/mol. The van der Waals surface area contributed by atoms with Crippen molar-refractivity contribution < 1.29 is 23.9 Å². The van der Waals surface area contributed by atoms with Gasteiger partial charge >= 0.3 is 6.03 Å². The lowest BCUT2D eigenvalue weighted by atomic mass is 9.69. The van der Waals surface area contributed by atoms with Crippen molar-refractivity contribution in [2.24, 2.45) is 34.0 Å². The van der Waals surface area contributed by atoms with Gasteiger partial charge < -0.3 is 53.7 Å². The molecule has 9 fully saturated rings. The lowest BCUT2D eigenvalue weighted by Gasteiger charge is -2.41. The molecule has 14 rings (SSSR count). The Bertz CT molecular complexity index is 3890. The van der Waals surface area contributed by atoms with Crippen molar-refractivity contribution in [2.45, 2.75) is 369 Å². The summed E-state index contributed by atoms with van der Waals surface area (Å²) in [5, 5.41) is 38.2. The number of hydrogen-bond donors (Lipinski definition) is 5. The first-order valence-corrected chi connectivity index (χ1v) is 50.9. The van der Waals surface area contributed by atoms with Gasteiger partial charge in [-0.2, -0.15) is 25.5 Å². The summed E-state index contributed by atoms with van der Waals surface area (Å²) < 4.78 is 6.02. The molecule has 9 aliphatic rings. The lowest BCUT2D eigenvalue weighted by Crippen LogP contribution is -2.47. The lowest BCUT2D eigenvalue weighted by molar-refractivity contribution is -0.129. The molecule has 5 N–H and O–H groups in total. The van der Waals surface area contributed by atoms with Crippen molar-refractivity contribution >= 4 is 23.8 Å². The Morgan fingerprint density at radius 1 is 0.370 bits per heavy atom. The summed E-state index contributed by atoms with van der Waals surface area (Å²) in [4.78, 5) is 71.4. The van der Waals surface area contributed by atoms with Crippen LogP contribution in [0.1, 0.15) is 381 Å². The number of aromatic nitrogens is 10. The van der Waals surface area contributed by atoms with Crippen LogP contribution < -0.4 is 0 Å². The van der Waals surface area contributed by atoms with Crippen molar-refractivity contribution in [3.05, 3.63) is 87.3 Å². The predicted octanol–water partition coefficient (Wildman–Crippen LogP) is 19.3. The quantitative estimate of drug-likeness (QED) is 0.0246. The van der Waals surface area contributed by atoms with Gasteiger partial charge in [-0.3, -0.25) is 39.9 Å². The number of likely N-dealkylation sites (tertiary alicyclic amines) is 3. The summed E-state index contributed by atoms with van der Waals surface area (Å²) in [7, 11) is 14.9. The maximum absolute atomic E-state index is 12.5. The zero-order valence-electron chi connectivity index (χ0n) is 83.4. The van der Waals surface area contributed by atoms with Gasteiger partial charge in [-0.25, -0.2) is 4.79 Å². The third-order valence-corrected chi connectivity index (χ3v) is 30.5. The van der Waals surface area contributed by atoms with Crippen molar-refractivity contribution in [1.29, 1.82) is 0 Å². The minimum Gasteiger partial charge on any atom is -0.378 e. The molecule has 4 spiro atoms. The van der Waals surface area contributed by atoms with E-state index in [1.165, 1.54) is 210 Å². The van der Waals surface area contributed by atoms with Crippen LogP contribution >= 0.6 is 0 Å². The molecule has 127 heavy (non-hydrogen) atoms. The minimum absolute atomic E-state index is 0.0433. The molecule has 5 aromatic heterocycles. The van der Waals surface area contributed by atoms with E-state index in [1.807, 2.05) is 59.8 Å². The van der Waals surface area contributed by atoms with Gasteiger partial charge in [0.15, 0.2) is 0 Å². The van der Waals surface area contributed by atoms with Crippen molar-refractivity contribution in [3.8, 4) is 0 Å². The zero-order chi connectivity index (χ0) is 91.4. The normalized spacial score (nSPS) is 25.7. The summed E-state index contributed by atoms with van der Waals surface area (Å²) in [5.74, 6) is 5.71. The van der Waals surface area contributed by atoms with Crippen LogP contribution in [0.2, 0.25) is 0 Å². The molecule has 9 heterocycles. The predicted molar refractivity (Wildman–Crippen MR) is 515 cm³/mol. The van der Waals surface area contributed by atoms with Crippen molar-refractivity contribution in [2.75, 3.05) is 134 Å². The van der Waals surface area contributed by atoms with Gasteiger partial charge in [-0.05, 0) is 269 Å². The number of aromatic amines is 5. The molecule has 0 aromatic carbocycles. The first-order valence-electron chi connectivity index (χ1n) is 50.9. The molecule has 5 aromatic rings. The highest BCUT2D eigenvalue weighted by Crippen LogP contribution is 2.53. The highest BCUT2D eigenvalue weighted by Gasteiger charge is 2.51. The van der Waals surface area contributed by atoms with Crippen LogP contribution in [0, 0.1) is 34.0 Å². The number of nitrogens with zero attached hydrogens (tertiary/aromatic N) is 15. The molecule has 0 unspecified atom stereocenters. The number of likely N-dealkylation sites (N-methyl/N-ethyl adjacent to an activating group) is 2. The van der Waals surface area contributed by atoms with E-state index in [0.29, 0.717) is 71.2 Å². The van der Waals surface area contributed by atoms with Gasteiger partial charge in [-0.1, -0.05) is 108 Å². The monoisotopic (exact) mass is 1760 g/mol. The van der Waals surface area contributed by atoms with Gasteiger partial charge in [0.1, 0.15) is 0 Å². The Hall–Kier alpha value is -6.51. The number of ether oxygens (including phenoxy) is 1. The fraction of sp³-hybridized carbons (Fsp3) is 0.814. The average molecular weight is 1760 g/mol. The Labute approximate surface area is 768 Å². The minimum atomic E-state index is 0.0433. The SMILES string of the molecule is CCCCN(C)Cc1cn[nH]c1C1CCC(OCC(C)C)CC1.CCCCN(C)Cc1cn[nH]c1C1CCC2(CC1)CC(=O)N(C)C2.CCCCN(C)Cc1cn[nH]c1C1CCC2(CC1)CC(=O)N(CC(C)C)C2.CCCCN(C)Cc1cn[nH]c1C1CCC2(CC1)CC(=O)N(CC(C)C)C2.CCCCN(C)Cc1cn[nH]c1C1CCC2(CC1)CN(CC)C(=O)N2C. The largest absolute Gasteiger partial charge is 0.378 e. The van der Waals surface area contributed by atoms with Crippen LogP contribution in [-0.4, -0.2) is 270 Å². The second-order valence-corrected chi connectivity index (χ2v) is 43.0. The average Bonchev–Trinajstić information content (AvgIpc) is 1.63. The Balaban J connectivity index is 0.000000166.